The molecule has 0 atom stereocenters. The zero-order valence-electron chi connectivity index (χ0n) is 13.7. The average molecular weight is 326 g/mol. The van der Waals surface area contributed by atoms with Crippen LogP contribution in [0.5, 0.6) is 0 Å². The lowest BCUT2D eigenvalue weighted by Crippen LogP contribution is -2.20. The van der Waals surface area contributed by atoms with E-state index < -0.39 is 0 Å². The number of oxazole rings is 1. The van der Waals surface area contributed by atoms with Crippen molar-refractivity contribution in [2.75, 3.05) is 17.7 Å². The smallest absolute Gasteiger partial charge is 0.324 e. The van der Waals surface area contributed by atoms with Gasteiger partial charge in [-0.1, -0.05) is 0 Å². The van der Waals surface area contributed by atoms with Crippen molar-refractivity contribution in [1.82, 2.24) is 9.97 Å². The highest BCUT2D eigenvalue weighted by atomic mass is 16.5. The third kappa shape index (κ3) is 3.69. The van der Waals surface area contributed by atoms with Gasteiger partial charge in [0.15, 0.2) is 5.58 Å². The number of amides is 2. The van der Waals surface area contributed by atoms with E-state index in [1.54, 1.807) is 25.3 Å². The second-order valence-corrected chi connectivity index (χ2v) is 5.47. The summed E-state index contributed by atoms with van der Waals surface area (Å²) in [6, 6.07) is 8.63. The number of nitrogens with zero attached hydrogens (tertiary/aromatic N) is 2. The fourth-order valence-electron chi connectivity index (χ4n) is 2.42. The number of carbonyl (C=O) groups excluding carboxylic acids is 1. The number of anilines is 2. The topological polar surface area (TPSA) is 89.3 Å². The van der Waals surface area contributed by atoms with Crippen LogP contribution in [0.15, 0.2) is 34.7 Å². The maximum Gasteiger partial charge on any atom is 0.324 e. The summed E-state index contributed by atoms with van der Waals surface area (Å²) >= 11 is 0. The standard InChI is InChI=1S/C17H18N4O3/c1-10-6-11(2)18-15(7-10)21-17(22)19-12-4-5-14-13(8-12)20-16(24-14)9-23-3/h4-8H,9H2,1-3H3,(H2,18,19,21,22). The lowest BCUT2D eigenvalue weighted by Gasteiger charge is -2.08. The molecule has 0 aliphatic rings. The molecule has 2 aromatic heterocycles. The zero-order chi connectivity index (χ0) is 17.1. The Balaban J connectivity index is 1.72. The van der Waals surface area contributed by atoms with E-state index >= 15 is 0 Å². The number of pyridine rings is 1. The van der Waals surface area contributed by atoms with Crippen LogP contribution in [-0.2, 0) is 11.3 Å². The van der Waals surface area contributed by atoms with Gasteiger partial charge in [-0.05, 0) is 49.7 Å². The van der Waals surface area contributed by atoms with Crippen LogP contribution in [0.3, 0.4) is 0 Å². The molecule has 0 radical (unpaired) electrons. The molecule has 0 fully saturated rings. The summed E-state index contributed by atoms with van der Waals surface area (Å²) in [7, 11) is 1.58. The van der Waals surface area contributed by atoms with Crippen molar-refractivity contribution in [1.29, 1.82) is 0 Å². The van der Waals surface area contributed by atoms with Crippen molar-refractivity contribution in [2.45, 2.75) is 20.5 Å². The number of methoxy groups -OCH3 is 1. The number of nitrogens with one attached hydrogen (secondary N) is 2. The van der Waals surface area contributed by atoms with Crippen LogP contribution < -0.4 is 10.6 Å². The minimum atomic E-state index is -0.368. The molecule has 0 saturated carbocycles. The Morgan fingerprint density at radius 2 is 2.00 bits per heavy atom. The lowest BCUT2D eigenvalue weighted by molar-refractivity contribution is 0.161. The summed E-state index contributed by atoms with van der Waals surface area (Å²) in [5, 5.41) is 5.48. The quantitative estimate of drug-likeness (QED) is 0.764. The van der Waals surface area contributed by atoms with E-state index in [4.69, 9.17) is 9.15 Å². The second-order valence-electron chi connectivity index (χ2n) is 5.47. The molecule has 2 amide bonds. The van der Waals surface area contributed by atoms with Crippen LogP contribution in [0.1, 0.15) is 17.1 Å². The van der Waals surface area contributed by atoms with Gasteiger partial charge >= 0.3 is 6.03 Å². The van der Waals surface area contributed by atoms with E-state index in [9.17, 15) is 4.79 Å². The maximum absolute atomic E-state index is 12.1. The van der Waals surface area contributed by atoms with Crippen molar-refractivity contribution < 1.29 is 13.9 Å². The minimum Gasteiger partial charge on any atom is -0.438 e. The van der Waals surface area contributed by atoms with Crippen molar-refractivity contribution in [3.63, 3.8) is 0 Å². The van der Waals surface area contributed by atoms with Gasteiger partial charge in [-0.3, -0.25) is 5.32 Å². The van der Waals surface area contributed by atoms with Gasteiger partial charge in [0, 0.05) is 18.5 Å². The van der Waals surface area contributed by atoms with Crippen LogP contribution in [0, 0.1) is 13.8 Å². The Morgan fingerprint density at radius 1 is 1.17 bits per heavy atom. The van der Waals surface area contributed by atoms with Crippen LogP contribution in [-0.4, -0.2) is 23.1 Å². The summed E-state index contributed by atoms with van der Waals surface area (Å²) < 4.78 is 10.5. The second kappa shape index (κ2) is 6.67. The molecule has 2 N–H and O–H groups in total. The Morgan fingerprint density at radius 3 is 2.75 bits per heavy atom. The molecule has 3 aromatic rings. The van der Waals surface area contributed by atoms with E-state index in [1.807, 2.05) is 26.0 Å². The highest BCUT2D eigenvalue weighted by molar-refractivity contribution is 6.00. The number of hydrogen-bond acceptors (Lipinski definition) is 5. The number of rotatable bonds is 4. The van der Waals surface area contributed by atoms with Crippen LogP contribution in [0.4, 0.5) is 16.3 Å². The van der Waals surface area contributed by atoms with Gasteiger partial charge in [-0.2, -0.15) is 0 Å². The normalized spacial score (nSPS) is 10.8. The zero-order valence-corrected chi connectivity index (χ0v) is 13.7. The first-order chi connectivity index (χ1) is 11.5. The van der Waals surface area contributed by atoms with Gasteiger partial charge < -0.3 is 14.5 Å². The summed E-state index contributed by atoms with van der Waals surface area (Å²) in [6.07, 6.45) is 0. The van der Waals surface area contributed by atoms with E-state index in [0.717, 1.165) is 11.3 Å². The first-order valence-corrected chi connectivity index (χ1v) is 7.45. The summed E-state index contributed by atoms with van der Waals surface area (Å²) in [6.45, 7) is 4.14. The van der Waals surface area contributed by atoms with E-state index in [1.165, 1.54) is 0 Å². The van der Waals surface area contributed by atoms with Crippen LogP contribution >= 0.6 is 0 Å². The third-order valence-electron chi connectivity index (χ3n) is 3.30. The predicted octanol–water partition coefficient (Wildman–Crippen LogP) is 3.63. The molecule has 0 aliphatic heterocycles. The minimum absolute atomic E-state index is 0.302. The van der Waals surface area contributed by atoms with E-state index in [2.05, 4.69) is 20.6 Å². The number of ether oxygens (including phenoxy) is 1. The highest BCUT2D eigenvalue weighted by Gasteiger charge is 2.09. The molecular formula is C17H18N4O3. The fraction of sp³-hybridized carbons (Fsp3) is 0.235. The Labute approximate surface area is 139 Å². The third-order valence-corrected chi connectivity index (χ3v) is 3.30. The number of fused-ring (bicyclic) bond motifs is 1. The molecule has 0 spiro atoms. The molecule has 0 saturated heterocycles. The van der Waals surface area contributed by atoms with Gasteiger partial charge in [-0.15, -0.1) is 0 Å². The average Bonchev–Trinajstić information content (AvgIpc) is 2.88. The van der Waals surface area contributed by atoms with Gasteiger partial charge in [0.05, 0.1) is 0 Å². The van der Waals surface area contributed by atoms with Crippen molar-refractivity contribution in [2.24, 2.45) is 0 Å². The van der Waals surface area contributed by atoms with E-state index in [0.29, 0.717) is 35.1 Å². The van der Waals surface area contributed by atoms with E-state index in [-0.39, 0.29) is 6.03 Å². The highest BCUT2D eigenvalue weighted by Crippen LogP contribution is 2.20. The van der Waals surface area contributed by atoms with Gasteiger partial charge in [-0.25, -0.2) is 14.8 Å². The molecule has 24 heavy (non-hydrogen) atoms. The predicted molar refractivity (Wildman–Crippen MR) is 91.1 cm³/mol. The number of benzene rings is 1. The van der Waals surface area contributed by atoms with Gasteiger partial charge in [0.1, 0.15) is 17.9 Å². The largest absolute Gasteiger partial charge is 0.438 e. The number of hydrogen-bond donors (Lipinski definition) is 2. The fourth-order valence-corrected chi connectivity index (χ4v) is 2.42. The molecule has 0 bridgehead atoms. The summed E-state index contributed by atoms with van der Waals surface area (Å²) in [5.74, 6) is 1.00. The van der Waals surface area contributed by atoms with Crippen LogP contribution in [0.2, 0.25) is 0 Å². The summed E-state index contributed by atoms with van der Waals surface area (Å²) in [4.78, 5) is 20.7. The molecule has 124 valence electrons. The monoisotopic (exact) mass is 326 g/mol. The molecular weight excluding hydrogens is 308 g/mol. The molecule has 0 unspecified atom stereocenters. The van der Waals surface area contributed by atoms with Crippen molar-refractivity contribution >= 4 is 28.6 Å². The Bertz CT molecular complexity index is 868. The first kappa shape index (κ1) is 15.9. The molecule has 7 nitrogen and oxygen atoms in total. The first-order valence-electron chi connectivity index (χ1n) is 7.45. The SMILES string of the molecule is COCc1nc2cc(NC(=O)Nc3cc(C)cc(C)n3)ccc2o1. The molecule has 7 heteroatoms. The Kier molecular flexibility index (Phi) is 4.43. The molecule has 1 aromatic carbocycles. The molecule has 2 heterocycles. The molecule has 0 aliphatic carbocycles. The lowest BCUT2D eigenvalue weighted by atomic mass is 10.2. The van der Waals surface area contributed by atoms with Crippen molar-refractivity contribution in [3.8, 4) is 0 Å². The number of aromatic nitrogens is 2. The van der Waals surface area contributed by atoms with Crippen LogP contribution in [0.25, 0.3) is 11.1 Å². The number of aryl methyl sites for hydroxylation is 2. The van der Waals surface area contributed by atoms with Crippen molar-refractivity contribution in [3.05, 3.63) is 47.5 Å². The molecule has 3 rings (SSSR count). The Hall–Kier alpha value is -2.93. The number of urea groups is 1. The summed E-state index contributed by atoms with van der Waals surface area (Å²) in [5.41, 5.74) is 3.79. The number of carbonyl (C=O) groups is 1. The van der Waals surface area contributed by atoms with Gasteiger partial charge in [0.2, 0.25) is 5.89 Å². The van der Waals surface area contributed by atoms with Gasteiger partial charge in [0.25, 0.3) is 0 Å². The maximum atomic E-state index is 12.1.